The molecule has 0 aromatic rings. The summed E-state index contributed by atoms with van der Waals surface area (Å²) >= 11 is 0. The van der Waals surface area contributed by atoms with Crippen molar-refractivity contribution in [2.75, 3.05) is 26.9 Å². The number of nitrogens with one attached hydrogen (secondary N) is 1. The highest BCUT2D eigenvalue weighted by atomic mass is 16.6. The van der Waals surface area contributed by atoms with Crippen LogP contribution in [0.25, 0.3) is 0 Å². The van der Waals surface area contributed by atoms with Crippen LogP contribution in [0.5, 0.6) is 0 Å². The molecular formula is C6H15NO3. The number of aliphatic hydroxyl groups is 1. The third-order valence-corrected chi connectivity index (χ3v) is 0.924. The van der Waals surface area contributed by atoms with Crippen LogP contribution in [0, 0.1) is 0 Å². The number of aliphatic hydroxyl groups excluding tert-OH is 1. The normalized spacial score (nSPS) is 13.5. The topological polar surface area (TPSA) is 50.7 Å². The molecule has 1 unspecified atom stereocenters. The van der Waals surface area contributed by atoms with E-state index in [-0.39, 0.29) is 0 Å². The Balaban J connectivity index is 2.97. The minimum absolute atomic E-state index is 0.333. The van der Waals surface area contributed by atoms with Crippen molar-refractivity contribution in [3.63, 3.8) is 0 Å². The second kappa shape index (κ2) is 6.95. The van der Waals surface area contributed by atoms with Gasteiger partial charge >= 0.3 is 0 Å². The maximum Gasteiger partial charge on any atom is 0.0920 e. The van der Waals surface area contributed by atoms with E-state index in [9.17, 15) is 0 Å². The molecule has 0 fully saturated rings. The van der Waals surface area contributed by atoms with Crippen molar-refractivity contribution in [1.82, 2.24) is 5.48 Å². The molecule has 0 amide bonds. The van der Waals surface area contributed by atoms with Gasteiger partial charge in [0.15, 0.2) is 0 Å². The highest BCUT2D eigenvalue weighted by Crippen LogP contribution is 1.80. The third-order valence-electron chi connectivity index (χ3n) is 0.924. The lowest BCUT2D eigenvalue weighted by molar-refractivity contribution is -0.00157. The lowest BCUT2D eigenvalue weighted by Gasteiger charge is -2.09. The van der Waals surface area contributed by atoms with Crippen molar-refractivity contribution >= 4 is 0 Å². The molecule has 0 aromatic heterocycles. The van der Waals surface area contributed by atoms with E-state index in [4.69, 9.17) is 9.94 Å². The van der Waals surface area contributed by atoms with Crippen molar-refractivity contribution in [1.29, 1.82) is 0 Å². The van der Waals surface area contributed by atoms with E-state index in [1.807, 2.05) is 6.92 Å². The van der Waals surface area contributed by atoms with Crippen molar-refractivity contribution in [3.05, 3.63) is 0 Å². The molecule has 4 nitrogen and oxygen atoms in total. The first kappa shape index (κ1) is 9.84. The van der Waals surface area contributed by atoms with Crippen LogP contribution in [-0.2, 0) is 9.57 Å². The second-order valence-corrected chi connectivity index (χ2v) is 1.89. The van der Waals surface area contributed by atoms with Gasteiger partial charge in [-0.3, -0.25) is 0 Å². The van der Waals surface area contributed by atoms with Crippen LogP contribution in [0.15, 0.2) is 0 Å². The molecule has 0 saturated heterocycles. The Morgan fingerprint density at radius 1 is 1.60 bits per heavy atom. The van der Waals surface area contributed by atoms with Gasteiger partial charge in [0.2, 0.25) is 0 Å². The van der Waals surface area contributed by atoms with E-state index in [1.54, 1.807) is 7.11 Å². The van der Waals surface area contributed by atoms with Gasteiger partial charge in [-0.25, -0.2) is 0 Å². The van der Waals surface area contributed by atoms with Crippen LogP contribution >= 0.6 is 0 Å². The summed E-state index contributed by atoms with van der Waals surface area (Å²) in [5, 5.41) is 9.01. The number of hydroxylamine groups is 1. The average molecular weight is 149 g/mol. The molecular weight excluding hydrogens is 134 g/mol. The summed E-state index contributed by atoms with van der Waals surface area (Å²) in [5.41, 5.74) is 2.59. The van der Waals surface area contributed by atoms with Gasteiger partial charge in [0, 0.05) is 13.7 Å². The minimum Gasteiger partial charge on any atom is -0.389 e. The van der Waals surface area contributed by atoms with E-state index in [0.29, 0.717) is 19.8 Å². The smallest absolute Gasteiger partial charge is 0.0920 e. The summed E-state index contributed by atoms with van der Waals surface area (Å²) in [6.45, 7) is 3.21. The zero-order chi connectivity index (χ0) is 7.82. The van der Waals surface area contributed by atoms with E-state index in [0.717, 1.165) is 0 Å². The van der Waals surface area contributed by atoms with E-state index in [1.165, 1.54) is 0 Å². The van der Waals surface area contributed by atoms with Crippen molar-refractivity contribution in [2.45, 2.75) is 13.0 Å². The zero-order valence-corrected chi connectivity index (χ0v) is 6.46. The molecule has 0 aliphatic heterocycles. The summed E-state index contributed by atoms with van der Waals surface area (Å²) in [5.74, 6) is 0. The lowest BCUT2D eigenvalue weighted by atomic mass is 10.4. The first-order valence-electron chi connectivity index (χ1n) is 3.33. The first-order chi connectivity index (χ1) is 4.81. The van der Waals surface area contributed by atoms with Crippen LogP contribution in [0.1, 0.15) is 6.92 Å². The summed E-state index contributed by atoms with van der Waals surface area (Å²) in [7, 11) is 1.55. The largest absolute Gasteiger partial charge is 0.389 e. The van der Waals surface area contributed by atoms with Gasteiger partial charge in [-0.15, -0.1) is 0 Å². The molecule has 0 spiro atoms. The summed E-state index contributed by atoms with van der Waals surface area (Å²) < 4.78 is 4.69. The van der Waals surface area contributed by atoms with Crippen molar-refractivity contribution in [3.8, 4) is 0 Å². The Kier molecular flexibility index (Phi) is 6.84. The Morgan fingerprint density at radius 2 is 2.30 bits per heavy atom. The Bertz CT molecular complexity index is 70.0. The summed E-state index contributed by atoms with van der Waals surface area (Å²) in [6.07, 6.45) is -0.489. The molecule has 4 heteroatoms. The number of ether oxygens (including phenoxy) is 1. The van der Waals surface area contributed by atoms with Crippen LogP contribution < -0.4 is 5.48 Å². The first-order valence-corrected chi connectivity index (χ1v) is 3.33. The molecule has 0 bridgehead atoms. The second-order valence-electron chi connectivity index (χ2n) is 1.89. The molecule has 62 valence electrons. The standard InChI is InChI=1S/C6H15NO3/c1-3-10-7-4-6(8)5-9-2/h6-8H,3-5H2,1-2H3. The quantitative estimate of drug-likeness (QED) is 0.396. The van der Waals surface area contributed by atoms with E-state index >= 15 is 0 Å². The van der Waals surface area contributed by atoms with Gasteiger partial charge in [-0.1, -0.05) is 0 Å². The molecule has 2 N–H and O–H groups in total. The molecule has 10 heavy (non-hydrogen) atoms. The van der Waals surface area contributed by atoms with Crippen molar-refractivity contribution < 1.29 is 14.7 Å². The third kappa shape index (κ3) is 5.97. The van der Waals surface area contributed by atoms with Crippen LogP contribution in [-0.4, -0.2) is 38.1 Å². The Hall–Kier alpha value is -0.160. The Labute approximate surface area is 61.1 Å². The average Bonchev–Trinajstić information content (AvgIpc) is 1.89. The molecule has 0 aliphatic rings. The zero-order valence-electron chi connectivity index (χ0n) is 6.46. The van der Waals surface area contributed by atoms with Gasteiger partial charge in [0.05, 0.1) is 19.3 Å². The number of rotatable bonds is 6. The number of hydrogen-bond donors (Lipinski definition) is 2. The van der Waals surface area contributed by atoms with Crippen molar-refractivity contribution in [2.24, 2.45) is 0 Å². The molecule has 0 radical (unpaired) electrons. The van der Waals surface area contributed by atoms with Crippen LogP contribution in [0.3, 0.4) is 0 Å². The lowest BCUT2D eigenvalue weighted by Crippen LogP contribution is -2.30. The predicted octanol–water partition coefficient (Wildman–Crippen LogP) is -0.465. The van der Waals surface area contributed by atoms with Gasteiger partial charge in [-0.2, -0.15) is 5.48 Å². The molecule has 0 aliphatic carbocycles. The highest BCUT2D eigenvalue weighted by Gasteiger charge is 2.00. The molecule has 0 saturated carbocycles. The van der Waals surface area contributed by atoms with Crippen LogP contribution in [0.2, 0.25) is 0 Å². The van der Waals surface area contributed by atoms with E-state index < -0.39 is 6.10 Å². The predicted molar refractivity (Wildman–Crippen MR) is 37.5 cm³/mol. The number of methoxy groups -OCH3 is 1. The highest BCUT2D eigenvalue weighted by molar-refractivity contribution is 4.52. The monoisotopic (exact) mass is 149 g/mol. The molecule has 0 rings (SSSR count). The molecule has 1 atom stereocenters. The minimum atomic E-state index is -0.489. The SMILES string of the molecule is CCONCC(O)COC. The molecule has 0 heterocycles. The summed E-state index contributed by atoms with van der Waals surface area (Å²) in [4.78, 5) is 4.78. The maximum atomic E-state index is 9.01. The van der Waals surface area contributed by atoms with Gasteiger partial charge in [0.1, 0.15) is 0 Å². The fourth-order valence-corrected chi connectivity index (χ4v) is 0.508. The van der Waals surface area contributed by atoms with Gasteiger partial charge < -0.3 is 14.7 Å². The Morgan fingerprint density at radius 3 is 2.80 bits per heavy atom. The number of hydrogen-bond acceptors (Lipinski definition) is 4. The summed E-state index contributed by atoms with van der Waals surface area (Å²) in [6, 6.07) is 0. The van der Waals surface area contributed by atoms with Gasteiger partial charge in [-0.05, 0) is 6.92 Å². The maximum absolute atomic E-state index is 9.01. The fourth-order valence-electron chi connectivity index (χ4n) is 0.508. The fraction of sp³-hybridized carbons (Fsp3) is 1.00. The van der Waals surface area contributed by atoms with E-state index in [2.05, 4.69) is 10.2 Å². The van der Waals surface area contributed by atoms with Crippen LogP contribution in [0.4, 0.5) is 0 Å². The molecule has 0 aromatic carbocycles. The van der Waals surface area contributed by atoms with Gasteiger partial charge in [0.25, 0.3) is 0 Å².